The lowest BCUT2D eigenvalue weighted by Gasteiger charge is -2.42. The molecule has 1 saturated carbocycles. The molecule has 1 amide bonds. The number of fused-ring (bicyclic) bond motifs is 1. The van der Waals surface area contributed by atoms with E-state index < -0.39 is 5.60 Å². The first-order valence-electron chi connectivity index (χ1n) is 8.60. The van der Waals surface area contributed by atoms with Gasteiger partial charge in [-0.1, -0.05) is 29.3 Å². The molecule has 1 unspecified atom stereocenters. The van der Waals surface area contributed by atoms with E-state index in [1.807, 2.05) is 39.8 Å². The van der Waals surface area contributed by atoms with E-state index in [0.717, 1.165) is 18.4 Å². The number of halogens is 2. The van der Waals surface area contributed by atoms with Crippen LogP contribution in [0.25, 0.3) is 0 Å². The molecule has 2 fully saturated rings. The number of piperidine rings is 1. The highest BCUT2D eigenvalue weighted by molar-refractivity contribution is 6.42. The second-order valence-electron chi connectivity index (χ2n) is 8.49. The number of ether oxygens (including phenoxy) is 1. The van der Waals surface area contributed by atoms with Gasteiger partial charge in [0.15, 0.2) is 0 Å². The lowest BCUT2D eigenvalue weighted by atomic mass is 9.78. The molecule has 6 heteroatoms. The minimum atomic E-state index is -0.537. The number of benzene rings is 1. The average molecular weight is 386 g/mol. The van der Waals surface area contributed by atoms with E-state index in [1.165, 1.54) is 0 Å². The van der Waals surface area contributed by atoms with Gasteiger partial charge in [-0.15, -0.1) is 0 Å². The van der Waals surface area contributed by atoms with Gasteiger partial charge in [-0.2, -0.15) is 0 Å². The van der Waals surface area contributed by atoms with Gasteiger partial charge in [0.05, 0.1) is 16.7 Å². The molecule has 3 atom stereocenters. The molecule has 2 aliphatic rings. The lowest BCUT2D eigenvalue weighted by Crippen LogP contribution is -2.52. The summed E-state index contributed by atoms with van der Waals surface area (Å²) < 4.78 is 5.54. The van der Waals surface area contributed by atoms with Crippen LogP contribution in [0.15, 0.2) is 18.2 Å². The highest BCUT2D eigenvalue weighted by Gasteiger charge is 2.71. The van der Waals surface area contributed by atoms with Gasteiger partial charge in [0, 0.05) is 23.4 Å². The molecule has 1 heterocycles. The highest BCUT2D eigenvalue weighted by Crippen LogP contribution is 2.69. The molecule has 1 aromatic rings. The molecular formula is C19H25Cl2NO3. The van der Waals surface area contributed by atoms with Crippen molar-refractivity contribution >= 4 is 29.3 Å². The van der Waals surface area contributed by atoms with Crippen molar-refractivity contribution < 1.29 is 14.6 Å². The Morgan fingerprint density at radius 1 is 1.36 bits per heavy atom. The maximum atomic E-state index is 12.6. The van der Waals surface area contributed by atoms with Crippen LogP contribution in [0.4, 0.5) is 4.79 Å². The van der Waals surface area contributed by atoms with Crippen LogP contribution >= 0.6 is 23.2 Å². The van der Waals surface area contributed by atoms with Crippen LogP contribution in [0.1, 0.15) is 46.1 Å². The van der Waals surface area contributed by atoms with Crippen molar-refractivity contribution in [2.45, 2.75) is 57.6 Å². The molecule has 138 valence electrons. The third-order valence-electron chi connectivity index (χ3n) is 5.58. The monoisotopic (exact) mass is 385 g/mol. The molecule has 3 rings (SSSR count). The maximum absolute atomic E-state index is 12.6. The van der Waals surface area contributed by atoms with Crippen molar-refractivity contribution in [1.29, 1.82) is 0 Å². The van der Waals surface area contributed by atoms with Gasteiger partial charge in [-0.25, -0.2) is 4.79 Å². The predicted molar refractivity (Wildman–Crippen MR) is 99.3 cm³/mol. The fourth-order valence-corrected chi connectivity index (χ4v) is 4.57. The molecule has 4 nitrogen and oxygen atoms in total. The summed E-state index contributed by atoms with van der Waals surface area (Å²) in [6.45, 7) is 8.12. The number of rotatable bonds is 2. The first-order chi connectivity index (χ1) is 11.5. The van der Waals surface area contributed by atoms with Crippen LogP contribution < -0.4 is 0 Å². The average Bonchev–Trinajstić information content (AvgIpc) is 3.17. The Hall–Kier alpha value is -0.970. The number of likely N-dealkylation sites (tertiary alicyclic amines) is 1. The Balaban J connectivity index is 1.88. The van der Waals surface area contributed by atoms with Crippen LogP contribution in [0.3, 0.4) is 0 Å². The van der Waals surface area contributed by atoms with Crippen LogP contribution in [0, 0.1) is 5.41 Å². The molecule has 1 aromatic carbocycles. The minimum absolute atomic E-state index is 0.0199. The predicted octanol–water partition coefficient (Wildman–Crippen LogP) is 4.64. The number of aliphatic hydroxyl groups is 1. The summed E-state index contributed by atoms with van der Waals surface area (Å²) in [4.78, 5) is 14.3. The standard InChI is InChI=1S/C19H25Cl2NO3/c1-12-8-19(13-5-6-14(20)15(21)7-13)9-18(19,11-23)10-22(12)16(24)25-17(2,3)4/h5-7,12,23H,8-11H2,1-4H3/t12?,18-,19-/m1/s1. The van der Waals surface area contributed by atoms with Crippen LogP contribution in [-0.2, 0) is 10.2 Å². The van der Waals surface area contributed by atoms with Gasteiger partial charge in [-0.3, -0.25) is 0 Å². The summed E-state index contributed by atoms with van der Waals surface area (Å²) in [6, 6.07) is 5.71. The Bertz CT molecular complexity index is 702. The summed E-state index contributed by atoms with van der Waals surface area (Å²) in [6.07, 6.45) is 1.28. The molecule has 1 saturated heterocycles. The maximum Gasteiger partial charge on any atom is 0.410 e. The van der Waals surface area contributed by atoms with Crippen molar-refractivity contribution in [1.82, 2.24) is 4.90 Å². The van der Waals surface area contributed by atoms with Crippen molar-refractivity contribution in [3.63, 3.8) is 0 Å². The van der Waals surface area contributed by atoms with E-state index >= 15 is 0 Å². The Labute approximate surface area is 159 Å². The van der Waals surface area contributed by atoms with E-state index in [0.29, 0.717) is 16.6 Å². The largest absolute Gasteiger partial charge is 0.444 e. The van der Waals surface area contributed by atoms with Crippen molar-refractivity contribution in [3.8, 4) is 0 Å². The molecule has 0 radical (unpaired) electrons. The zero-order valence-electron chi connectivity index (χ0n) is 15.1. The number of hydrogen-bond donors (Lipinski definition) is 1. The smallest absolute Gasteiger partial charge is 0.410 e. The Morgan fingerprint density at radius 3 is 2.60 bits per heavy atom. The van der Waals surface area contributed by atoms with Gasteiger partial charge in [0.1, 0.15) is 5.60 Å². The van der Waals surface area contributed by atoms with Gasteiger partial charge in [-0.05, 0) is 58.2 Å². The lowest BCUT2D eigenvalue weighted by molar-refractivity contribution is -0.00423. The topological polar surface area (TPSA) is 49.8 Å². The van der Waals surface area contributed by atoms with E-state index in [2.05, 4.69) is 0 Å². The number of aliphatic hydroxyl groups excluding tert-OH is 1. The molecule has 25 heavy (non-hydrogen) atoms. The third kappa shape index (κ3) is 3.13. The second-order valence-corrected chi connectivity index (χ2v) is 9.30. The van der Waals surface area contributed by atoms with Crippen molar-refractivity contribution in [2.24, 2.45) is 5.41 Å². The number of nitrogens with zero attached hydrogens (tertiary/aromatic N) is 1. The summed E-state index contributed by atoms with van der Waals surface area (Å²) in [7, 11) is 0. The van der Waals surface area contributed by atoms with Gasteiger partial charge in [0.2, 0.25) is 0 Å². The number of carbonyl (C=O) groups excluding carboxylic acids is 1. The molecule has 0 aromatic heterocycles. The molecule has 1 aliphatic heterocycles. The normalized spacial score (nSPS) is 31.5. The number of hydrogen-bond acceptors (Lipinski definition) is 3. The Kier molecular flexibility index (Phi) is 4.54. The first kappa shape index (κ1) is 18.8. The highest BCUT2D eigenvalue weighted by atomic mass is 35.5. The molecule has 1 aliphatic carbocycles. The summed E-state index contributed by atoms with van der Waals surface area (Å²) >= 11 is 12.3. The zero-order valence-corrected chi connectivity index (χ0v) is 16.6. The van der Waals surface area contributed by atoms with E-state index in [-0.39, 0.29) is 29.6 Å². The van der Waals surface area contributed by atoms with Crippen LogP contribution in [0.5, 0.6) is 0 Å². The van der Waals surface area contributed by atoms with Crippen LogP contribution in [0.2, 0.25) is 10.0 Å². The SMILES string of the molecule is CC1C[C@]2(c3ccc(Cl)c(Cl)c3)C[C@]2(CO)CN1C(=O)OC(C)(C)C. The summed E-state index contributed by atoms with van der Waals surface area (Å²) in [5.41, 5.74) is 0.0542. The number of amides is 1. The van der Waals surface area contributed by atoms with Crippen LogP contribution in [-0.4, -0.2) is 40.9 Å². The summed E-state index contributed by atoms with van der Waals surface area (Å²) in [5.74, 6) is 0. The number of carbonyl (C=O) groups is 1. The zero-order chi connectivity index (χ0) is 18.6. The molecular weight excluding hydrogens is 361 g/mol. The second kappa shape index (κ2) is 6.04. The minimum Gasteiger partial charge on any atom is -0.444 e. The molecule has 0 spiro atoms. The van der Waals surface area contributed by atoms with E-state index in [1.54, 1.807) is 11.0 Å². The molecule has 1 N–H and O–H groups in total. The van der Waals surface area contributed by atoms with Crippen molar-refractivity contribution in [2.75, 3.05) is 13.2 Å². The third-order valence-corrected chi connectivity index (χ3v) is 6.32. The van der Waals surface area contributed by atoms with Crippen molar-refractivity contribution in [3.05, 3.63) is 33.8 Å². The first-order valence-corrected chi connectivity index (χ1v) is 9.35. The van der Waals surface area contributed by atoms with E-state index in [9.17, 15) is 9.90 Å². The summed E-state index contributed by atoms with van der Waals surface area (Å²) in [5, 5.41) is 11.2. The molecule has 0 bridgehead atoms. The quantitative estimate of drug-likeness (QED) is 0.806. The van der Waals surface area contributed by atoms with E-state index in [4.69, 9.17) is 27.9 Å². The Morgan fingerprint density at radius 2 is 2.04 bits per heavy atom. The van der Waals surface area contributed by atoms with Gasteiger partial charge in [0.25, 0.3) is 0 Å². The van der Waals surface area contributed by atoms with Gasteiger partial charge < -0.3 is 14.7 Å². The fourth-order valence-electron chi connectivity index (χ4n) is 4.27. The fraction of sp³-hybridized carbons (Fsp3) is 0.632. The van der Waals surface area contributed by atoms with Gasteiger partial charge >= 0.3 is 6.09 Å².